The van der Waals surface area contributed by atoms with Gasteiger partial charge in [-0.05, 0) is 18.4 Å². The van der Waals surface area contributed by atoms with Gasteiger partial charge in [-0.3, -0.25) is 9.59 Å². The van der Waals surface area contributed by atoms with Crippen molar-refractivity contribution < 1.29 is 41.4 Å². The van der Waals surface area contributed by atoms with Crippen LogP contribution in [0.3, 0.4) is 0 Å². The lowest BCUT2D eigenvalue weighted by atomic mass is 9.93. The standard InChI is InChI=1S/C18H13F5O4/c19-12-13(20)15(22)17(16(23)14(12)21)27-18(26)10(7-4-8-11(24)25)9-5-2-1-3-6-9/h1-3,5-6,10H,4,7-8H2,(H,24,25). The Morgan fingerprint density at radius 3 is 1.93 bits per heavy atom. The average molecular weight is 388 g/mol. The Kier molecular flexibility index (Phi) is 6.49. The van der Waals surface area contributed by atoms with E-state index in [-0.39, 0.29) is 19.3 Å². The second-order valence-electron chi connectivity index (χ2n) is 5.57. The lowest BCUT2D eigenvalue weighted by molar-refractivity contribution is -0.139. The van der Waals surface area contributed by atoms with Gasteiger partial charge in [0.2, 0.25) is 34.8 Å². The molecule has 2 aromatic carbocycles. The van der Waals surface area contributed by atoms with Gasteiger partial charge in [0.15, 0.2) is 0 Å². The first kappa shape index (κ1) is 20.3. The van der Waals surface area contributed by atoms with Gasteiger partial charge in [-0.15, -0.1) is 0 Å². The molecule has 0 saturated carbocycles. The smallest absolute Gasteiger partial charge is 0.319 e. The molecule has 1 atom stereocenters. The zero-order chi connectivity index (χ0) is 20.1. The van der Waals surface area contributed by atoms with Crippen molar-refractivity contribution >= 4 is 11.9 Å². The van der Waals surface area contributed by atoms with Gasteiger partial charge in [-0.25, -0.2) is 13.2 Å². The largest absolute Gasteiger partial charge is 0.481 e. The number of halogens is 5. The van der Waals surface area contributed by atoms with Gasteiger partial charge >= 0.3 is 11.9 Å². The van der Waals surface area contributed by atoms with Crippen molar-refractivity contribution in [2.45, 2.75) is 25.2 Å². The van der Waals surface area contributed by atoms with E-state index in [0.29, 0.717) is 5.56 Å². The molecule has 0 saturated heterocycles. The van der Waals surface area contributed by atoms with E-state index < -0.39 is 52.7 Å². The third-order valence-corrected chi connectivity index (χ3v) is 3.74. The summed E-state index contributed by atoms with van der Waals surface area (Å²) in [5.74, 6) is -16.6. The summed E-state index contributed by atoms with van der Waals surface area (Å²) in [5, 5.41) is 8.70. The van der Waals surface area contributed by atoms with Crippen LogP contribution in [0.4, 0.5) is 22.0 Å². The molecule has 1 N–H and O–H groups in total. The fourth-order valence-corrected chi connectivity index (χ4v) is 2.41. The van der Waals surface area contributed by atoms with E-state index in [2.05, 4.69) is 4.74 Å². The Labute approximate surface area is 150 Å². The van der Waals surface area contributed by atoms with E-state index in [1.165, 1.54) is 12.1 Å². The van der Waals surface area contributed by atoms with Crippen LogP contribution in [0.25, 0.3) is 0 Å². The first-order valence-corrected chi connectivity index (χ1v) is 7.73. The van der Waals surface area contributed by atoms with Gasteiger partial charge in [0.25, 0.3) is 0 Å². The van der Waals surface area contributed by atoms with Gasteiger partial charge in [-0.2, -0.15) is 8.78 Å². The molecule has 0 spiro atoms. The second-order valence-corrected chi connectivity index (χ2v) is 5.57. The molecule has 0 aromatic heterocycles. The molecule has 9 heteroatoms. The minimum Gasteiger partial charge on any atom is -0.481 e. The van der Waals surface area contributed by atoms with Crippen molar-refractivity contribution in [3.63, 3.8) is 0 Å². The summed E-state index contributed by atoms with van der Waals surface area (Å²) in [6.45, 7) is 0. The summed E-state index contributed by atoms with van der Waals surface area (Å²) >= 11 is 0. The van der Waals surface area contributed by atoms with Crippen LogP contribution < -0.4 is 4.74 Å². The summed E-state index contributed by atoms with van der Waals surface area (Å²) in [7, 11) is 0. The van der Waals surface area contributed by atoms with Crippen LogP contribution in [0.5, 0.6) is 5.75 Å². The van der Waals surface area contributed by atoms with Crippen molar-refractivity contribution in [1.29, 1.82) is 0 Å². The van der Waals surface area contributed by atoms with Crippen molar-refractivity contribution in [3.05, 3.63) is 65.0 Å². The molecule has 27 heavy (non-hydrogen) atoms. The second kappa shape index (κ2) is 8.61. The van der Waals surface area contributed by atoms with Crippen molar-refractivity contribution in [2.75, 3.05) is 0 Å². The summed E-state index contributed by atoms with van der Waals surface area (Å²) in [6, 6.07) is 7.74. The van der Waals surface area contributed by atoms with E-state index >= 15 is 0 Å². The zero-order valence-corrected chi connectivity index (χ0v) is 13.6. The number of carbonyl (C=O) groups excluding carboxylic acids is 1. The van der Waals surface area contributed by atoms with E-state index in [1.54, 1.807) is 18.2 Å². The number of carboxylic acids is 1. The average Bonchev–Trinajstić information content (AvgIpc) is 2.65. The van der Waals surface area contributed by atoms with Gasteiger partial charge in [0.05, 0.1) is 5.92 Å². The predicted molar refractivity (Wildman–Crippen MR) is 82.5 cm³/mol. The quantitative estimate of drug-likeness (QED) is 0.252. The summed E-state index contributed by atoms with van der Waals surface area (Å²) < 4.78 is 71.5. The number of aliphatic carboxylic acids is 1. The molecule has 0 aliphatic heterocycles. The molecule has 0 amide bonds. The highest BCUT2D eigenvalue weighted by Gasteiger charge is 2.31. The van der Waals surface area contributed by atoms with Crippen LogP contribution in [-0.4, -0.2) is 17.0 Å². The van der Waals surface area contributed by atoms with Gasteiger partial charge < -0.3 is 9.84 Å². The minimum atomic E-state index is -2.37. The number of hydrogen-bond acceptors (Lipinski definition) is 3. The SMILES string of the molecule is O=C(O)CCCC(C(=O)Oc1c(F)c(F)c(F)c(F)c1F)c1ccccc1. The Hall–Kier alpha value is -2.97. The Morgan fingerprint density at radius 1 is 0.889 bits per heavy atom. The Bertz CT molecular complexity index is 826. The van der Waals surface area contributed by atoms with Crippen molar-refractivity contribution in [1.82, 2.24) is 0 Å². The highest BCUT2D eigenvalue weighted by molar-refractivity contribution is 5.80. The number of benzene rings is 2. The van der Waals surface area contributed by atoms with Crippen LogP contribution in [0.15, 0.2) is 30.3 Å². The highest BCUT2D eigenvalue weighted by Crippen LogP contribution is 2.31. The molecule has 0 heterocycles. The third kappa shape index (κ3) is 4.60. The first-order chi connectivity index (χ1) is 12.7. The molecule has 0 aliphatic rings. The first-order valence-electron chi connectivity index (χ1n) is 7.73. The molecular formula is C18H13F5O4. The monoisotopic (exact) mass is 388 g/mol. The summed E-state index contributed by atoms with van der Waals surface area (Å²) in [6.07, 6.45) is -0.315. The Balaban J connectivity index is 2.32. The van der Waals surface area contributed by atoms with Crippen LogP contribution in [-0.2, 0) is 9.59 Å². The van der Waals surface area contributed by atoms with Gasteiger partial charge in [0, 0.05) is 6.42 Å². The number of esters is 1. The molecule has 2 rings (SSSR count). The number of hydrogen-bond donors (Lipinski definition) is 1. The number of carbonyl (C=O) groups is 2. The maximum atomic E-state index is 13.7. The van der Waals surface area contributed by atoms with Gasteiger partial charge in [-0.1, -0.05) is 30.3 Å². The zero-order valence-electron chi connectivity index (χ0n) is 13.6. The molecule has 0 bridgehead atoms. The highest BCUT2D eigenvalue weighted by atomic mass is 19.2. The summed E-state index contributed by atoms with van der Waals surface area (Å²) in [4.78, 5) is 23.0. The maximum Gasteiger partial charge on any atom is 0.319 e. The molecule has 144 valence electrons. The van der Waals surface area contributed by atoms with Crippen LogP contribution in [0.2, 0.25) is 0 Å². The normalized spacial score (nSPS) is 11.9. The lowest BCUT2D eigenvalue weighted by Crippen LogP contribution is -2.21. The topological polar surface area (TPSA) is 63.6 Å². The Morgan fingerprint density at radius 2 is 1.41 bits per heavy atom. The number of carboxylic acid groups (broad SMARTS) is 1. The molecule has 2 aromatic rings. The van der Waals surface area contributed by atoms with Crippen molar-refractivity contribution in [3.8, 4) is 5.75 Å². The van der Waals surface area contributed by atoms with E-state index in [1.807, 2.05) is 0 Å². The number of ether oxygens (including phenoxy) is 1. The van der Waals surface area contributed by atoms with Crippen LogP contribution in [0.1, 0.15) is 30.7 Å². The van der Waals surface area contributed by atoms with Crippen LogP contribution in [0, 0.1) is 29.1 Å². The molecular weight excluding hydrogens is 375 g/mol. The molecule has 4 nitrogen and oxygen atoms in total. The molecule has 0 radical (unpaired) electrons. The molecule has 0 aliphatic carbocycles. The van der Waals surface area contributed by atoms with E-state index in [0.717, 1.165) is 0 Å². The van der Waals surface area contributed by atoms with E-state index in [9.17, 15) is 31.5 Å². The third-order valence-electron chi connectivity index (χ3n) is 3.74. The van der Waals surface area contributed by atoms with Crippen molar-refractivity contribution in [2.24, 2.45) is 0 Å². The minimum absolute atomic E-state index is 0.0289. The summed E-state index contributed by atoms with van der Waals surface area (Å²) in [5.41, 5.74) is 0.344. The number of rotatable bonds is 7. The van der Waals surface area contributed by atoms with E-state index in [4.69, 9.17) is 5.11 Å². The fraction of sp³-hybridized carbons (Fsp3) is 0.222. The lowest BCUT2D eigenvalue weighted by Gasteiger charge is -2.17. The predicted octanol–water partition coefficient (Wildman–Crippen LogP) is 4.33. The maximum absolute atomic E-state index is 13.7. The fourth-order valence-electron chi connectivity index (χ4n) is 2.41. The van der Waals surface area contributed by atoms with Crippen LogP contribution >= 0.6 is 0 Å². The van der Waals surface area contributed by atoms with Gasteiger partial charge in [0.1, 0.15) is 0 Å². The molecule has 0 fully saturated rings. The molecule has 1 unspecified atom stereocenters.